The summed E-state index contributed by atoms with van der Waals surface area (Å²) >= 11 is 0. The van der Waals surface area contributed by atoms with E-state index in [0.29, 0.717) is 47.8 Å². The standard InChI is InChI=1S/C33H55NO8/c1-16-4-7-27-33(3,40)22-6-5-18-19(21(22)14-34(27)13-16)11-23-20(18)12-25(36)24-10-17(8-9-32(23,24)2)41-31-30(39)29(38)28(37)26(15-35)42-31/h16-31,35-40H,4-15H2,1-3H3/t16-,17-,18?,19?,20-,21-,22?,23?,24?,25?,26+,27?,28+,29-,30+,31-,32+,33-/m0/s1. The van der Waals surface area contributed by atoms with Gasteiger partial charge in [-0.2, -0.15) is 0 Å². The summed E-state index contributed by atoms with van der Waals surface area (Å²) in [5.74, 6) is 3.97. The molecule has 9 heteroatoms. The third-order valence-electron chi connectivity index (χ3n) is 14.2. The van der Waals surface area contributed by atoms with Gasteiger partial charge in [0.2, 0.25) is 0 Å². The smallest absolute Gasteiger partial charge is 0.186 e. The summed E-state index contributed by atoms with van der Waals surface area (Å²) in [7, 11) is 0. The van der Waals surface area contributed by atoms with Crippen LogP contribution in [0.1, 0.15) is 78.6 Å². The van der Waals surface area contributed by atoms with Crippen molar-refractivity contribution >= 4 is 0 Å². The highest BCUT2D eigenvalue weighted by molar-refractivity contribution is 5.14. The molecule has 240 valence electrons. The minimum Gasteiger partial charge on any atom is -0.394 e. The molecule has 3 heterocycles. The van der Waals surface area contributed by atoms with Crippen molar-refractivity contribution in [3.05, 3.63) is 0 Å². The van der Waals surface area contributed by atoms with E-state index in [0.717, 1.165) is 45.2 Å². The molecule has 3 saturated heterocycles. The van der Waals surface area contributed by atoms with E-state index in [9.17, 15) is 30.6 Å². The first-order valence-electron chi connectivity index (χ1n) is 17.0. The Kier molecular flexibility index (Phi) is 7.84. The van der Waals surface area contributed by atoms with Crippen molar-refractivity contribution in [2.45, 2.75) is 133 Å². The van der Waals surface area contributed by atoms with Crippen LogP contribution in [0.5, 0.6) is 0 Å². The molecular formula is C33H55NO8. The first-order valence-corrected chi connectivity index (χ1v) is 17.0. The van der Waals surface area contributed by atoms with Gasteiger partial charge >= 0.3 is 0 Å². The molecule has 0 aromatic carbocycles. The summed E-state index contributed by atoms with van der Waals surface area (Å²) in [6, 6.07) is 0.290. The summed E-state index contributed by atoms with van der Waals surface area (Å²) in [6.45, 7) is 8.63. The molecule has 7 fully saturated rings. The van der Waals surface area contributed by atoms with Crippen molar-refractivity contribution in [3.63, 3.8) is 0 Å². The Labute approximate surface area is 250 Å². The summed E-state index contributed by atoms with van der Waals surface area (Å²) in [5, 5.41) is 64.1. The number of hydrogen-bond acceptors (Lipinski definition) is 9. The number of aliphatic hydroxyl groups excluding tert-OH is 5. The van der Waals surface area contributed by atoms with Crippen LogP contribution < -0.4 is 0 Å². The van der Waals surface area contributed by atoms with Gasteiger partial charge in [-0.1, -0.05) is 13.8 Å². The fourth-order valence-electron chi connectivity index (χ4n) is 12.1. The fourth-order valence-corrected chi connectivity index (χ4v) is 12.1. The second kappa shape index (κ2) is 10.9. The van der Waals surface area contributed by atoms with Gasteiger partial charge in [-0.25, -0.2) is 0 Å². The van der Waals surface area contributed by atoms with E-state index in [4.69, 9.17) is 9.47 Å². The van der Waals surface area contributed by atoms with Gasteiger partial charge in [-0.3, -0.25) is 4.90 Å². The Morgan fingerprint density at radius 2 is 1.57 bits per heavy atom. The van der Waals surface area contributed by atoms with E-state index in [1.54, 1.807) is 0 Å². The third kappa shape index (κ3) is 4.58. The zero-order valence-electron chi connectivity index (χ0n) is 25.7. The lowest BCUT2D eigenvalue weighted by molar-refractivity contribution is -0.317. The van der Waals surface area contributed by atoms with Crippen molar-refractivity contribution in [2.75, 3.05) is 19.7 Å². The fraction of sp³-hybridized carbons (Fsp3) is 1.00. The molecule has 7 rings (SSSR count). The van der Waals surface area contributed by atoms with Crippen LogP contribution in [0.4, 0.5) is 0 Å². The van der Waals surface area contributed by atoms with Gasteiger partial charge in [0.1, 0.15) is 24.4 Å². The molecule has 18 atom stereocenters. The summed E-state index contributed by atoms with van der Waals surface area (Å²) in [5.41, 5.74) is -0.628. The molecule has 0 amide bonds. The first kappa shape index (κ1) is 30.3. The number of nitrogens with zero attached hydrogens (tertiary/aromatic N) is 1. The first-order chi connectivity index (χ1) is 19.9. The Morgan fingerprint density at radius 3 is 2.33 bits per heavy atom. The molecule has 0 radical (unpaired) electrons. The number of ether oxygens (including phenoxy) is 2. The molecule has 4 aliphatic carbocycles. The molecule has 0 aromatic rings. The topological polar surface area (TPSA) is 143 Å². The third-order valence-corrected chi connectivity index (χ3v) is 14.2. The van der Waals surface area contributed by atoms with E-state index < -0.39 is 49.0 Å². The highest BCUT2D eigenvalue weighted by Gasteiger charge is 2.64. The van der Waals surface area contributed by atoms with Crippen LogP contribution in [0, 0.1) is 52.8 Å². The Hall–Kier alpha value is -0.360. The minimum atomic E-state index is -1.45. The van der Waals surface area contributed by atoms with E-state index in [-0.39, 0.29) is 23.5 Å². The molecule has 0 spiro atoms. The molecule has 6 N–H and O–H groups in total. The minimum absolute atomic E-state index is 0.00374. The van der Waals surface area contributed by atoms with Gasteiger partial charge in [0.15, 0.2) is 6.29 Å². The predicted molar refractivity (Wildman–Crippen MR) is 154 cm³/mol. The Balaban J connectivity index is 1.07. The lowest BCUT2D eigenvalue weighted by atomic mass is 9.51. The van der Waals surface area contributed by atoms with Gasteiger partial charge in [0.05, 0.1) is 24.4 Å². The van der Waals surface area contributed by atoms with Crippen molar-refractivity contribution in [3.8, 4) is 0 Å². The second-order valence-corrected chi connectivity index (χ2v) is 16.2. The van der Waals surface area contributed by atoms with Crippen LogP contribution in [0.15, 0.2) is 0 Å². The maximum atomic E-state index is 12.0. The number of hydrogen-bond donors (Lipinski definition) is 6. The maximum Gasteiger partial charge on any atom is 0.186 e. The molecule has 9 nitrogen and oxygen atoms in total. The Morgan fingerprint density at radius 1 is 0.786 bits per heavy atom. The van der Waals surface area contributed by atoms with E-state index in [1.807, 2.05) is 0 Å². The number of fused-ring (bicyclic) bond motifs is 8. The van der Waals surface area contributed by atoms with Crippen LogP contribution in [0.2, 0.25) is 0 Å². The van der Waals surface area contributed by atoms with E-state index in [1.165, 1.54) is 19.3 Å². The van der Waals surface area contributed by atoms with E-state index >= 15 is 0 Å². The van der Waals surface area contributed by atoms with Gasteiger partial charge < -0.3 is 40.1 Å². The summed E-state index contributed by atoms with van der Waals surface area (Å²) in [6.07, 6.45) is 1.96. The zero-order chi connectivity index (χ0) is 29.7. The van der Waals surface area contributed by atoms with Crippen molar-refractivity contribution in [1.29, 1.82) is 0 Å². The van der Waals surface area contributed by atoms with Crippen molar-refractivity contribution in [1.82, 2.24) is 4.90 Å². The summed E-state index contributed by atoms with van der Waals surface area (Å²) < 4.78 is 11.8. The second-order valence-electron chi connectivity index (χ2n) is 16.2. The van der Waals surface area contributed by atoms with Gasteiger partial charge in [0.25, 0.3) is 0 Å². The van der Waals surface area contributed by atoms with Crippen molar-refractivity contribution in [2.24, 2.45) is 52.8 Å². The summed E-state index contributed by atoms with van der Waals surface area (Å²) in [4.78, 5) is 2.64. The molecule has 0 aromatic heterocycles. The largest absolute Gasteiger partial charge is 0.394 e. The number of rotatable bonds is 3. The zero-order valence-corrected chi connectivity index (χ0v) is 25.7. The van der Waals surface area contributed by atoms with Gasteiger partial charge in [-0.15, -0.1) is 0 Å². The molecule has 7 aliphatic rings. The van der Waals surface area contributed by atoms with Crippen molar-refractivity contribution < 1.29 is 40.1 Å². The van der Waals surface area contributed by atoms with E-state index in [2.05, 4.69) is 25.7 Å². The maximum absolute atomic E-state index is 12.0. The molecule has 4 saturated carbocycles. The average molecular weight is 594 g/mol. The monoisotopic (exact) mass is 593 g/mol. The van der Waals surface area contributed by atoms with Crippen LogP contribution >= 0.6 is 0 Å². The molecule has 7 unspecified atom stereocenters. The lowest BCUT2D eigenvalue weighted by Gasteiger charge is -2.60. The molecule has 3 aliphatic heterocycles. The highest BCUT2D eigenvalue weighted by Crippen LogP contribution is 2.67. The normalized spacial score (nSPS) is 59.6. The molecule has 42 heavy (non-hydrogen) atoms. The molecule has 0 bridgehead atoms. The SMILES string of the molecule is C[C@H]1CCC2N(C1)C[C@H]1C3CC4[C@@H](CC(O)C5C[C@@H](O[C@H]6O[C@H](CO)[C@@H](O)[C@H](O)[C@H]6O)CC[C@@]54C)C3CCC1[C@]2(C)O. The van der Waals surface area contributed by atoms with Crippen LogP contribution in [-0.2, 0) is 9.47 Å². The number of piperidine rings is 2. The number of aliphatic hydroxyl groups is 6. The van der Waals surface area contributed by atoms with Gasteiger partial charge in [-0.05, 0) is 117 Å². The quantitative estimate of drug-likeness (QED) is 0.269. The van der Waals surface area contributed by atoms with Crippen LogP contribution in [0.3, 0.4) is 0 Å². The highest BCUT2D eigenvalue weighted by atomic mass is 16.7. The average Bonchev–Trinajstić information content (AvgIpc) is 3.33. The Bertz CT molecular complexity index is 995. The lowest BCUT2D eigenvalue weighted by Crippen LogP contribution is -2.67. The van der Waals surface area contributed by atoms with Crippen LogP contribution in [0.25, 0.3) is 0 Å². The molecular weight excluding hydrogens is 538 g/mol. The van der Waals surface area contributed by atoms with Crippen LogP contribution in [-0.4, -0.2) is 110 Å². The predicted octanol–water partition coefficient (Wildman–Crippen LogP) is 1.50. The van der Waals surface area contributed by atoms with Gasteiger partial charge in [0, 0.05) is 19.1 Å².